The van der Waals surface area contributed by atoms with E-state index in [-0.39, 0.29) is 29.5 Å². The summed E-state index contributed by atoms with van der Waals surface area (Å²) in [6.07, 6.45) is 0.950. The van der Waals surface area contributed by atoms with E-state index in [9.17, 15) is 18.0 Å². The van der Waals surface area contributed by atoms with Gasteiger partial charge in [0.05, 0.1) is 17.7 Å². The molecule has 10 heteroatoms. The summed E-state index contributed by atoms with van der Waals surface area (Å²) >= 11 is 6.12. The first kappa shape index (κ1) is 32.6. The zero-order valence-corrected chi connectivity index (χ0v) is 26.3. The van der Waals surface area contributed by atoms with E-state index in [1.54, 1.807) is 67.8 Å². The molecule has 0 heterocycles. The Kier molecular flexibility index (Phi) is 11.4. The molecule has 8 nitrogen and oxygen atoms in total. The quantitative estimate of drug-likeness (QED) is 0.192. The molecule has 0 radical (unpaired) electrons. The van der Waals surface area contributed by atoms with Gasteiger partial charge in [0.15, 0.2) is 0 Å². The number of benzene rings is 4. The van der Waals surface area contributed by atoms with E-state index in [0.717, 1.165) is 15.4 Å². The van der Waals surface area contributed by atoms with Gasteiger partial charge in [-0.25, -0.2) is 8.42 Å². The summed E-state index contributed by atoms with van der Waals surface area (Å²) in [5, 5.41) is 3.36. The van der Waals surface area contributed by atoms with Gasteiger partial charge in [-0.2, -0.15) is 0 Å². The monoisotopic (exact) mass is 633 g/mol. The van der Waals surface area contributed by atoms with Crippen LogP contribution in [0.1, 0.15) is 24.5 Å². The first-order valence-corrected chi connectivity index (χ1v) is 16.1. The lowest BCUT2D eigenvalue weighted by Gasteiger charge is -2.34. The molecule has 2 amide bonds. The van der Waals surface area contributed by atoms with E-state index in [4.69, 9.17) is 16.3 Å². The molecule has 44 heavy (non-hydrogen) atoms. The molecule has 1 atom stereocenters. The number of halogens is 1. The first-order chi connectivity index (χ1) is 21.2. The van der Waals surface area contributed by atoms with Gasteiger partial charge in [-0.1, -0.05) is 79.2 Å². The standard InChI is InChI=1S/C34H36ClN3O5S/c1-3-21-36-34(40)32(23-26-11-6-4-7-12-26)37(24-27-13-10-14-30(22-27)43-2)33(39)25-38(29-19-17-28(35)18-20-29)44(41,42)31-15-8-5-9-16-31/h4-20,22,32H,3,21,23-25H2,1-2H3,(H,36,40). The van der Waals surface area contributed by atoms with Crippen LogP contribution in [-0.4, -0.2) is 51.4 Å². The van der Waals surface area contributed by atoms with Crippen LogP contribution in [0.25, 0.3) is 0 Å². The van der Waals surface area contributed by atoms with Crippen LogP contribution in [0.5, 0.6) is 5.75 Å². The lowest BCUT2D eigenvalue weighted by atomic mass is 10.0. The third-order valence-electron chi connectivity index (χ3n) is 7.03. The molecule has 0 aromatic heterocycles. The van der Waals surface area contributed by atoms with Gasteiger partial charge < -0.3 is 15.0 Å². The van der Waals surface area contributed by atoms with E-state index in [1.165, 1.54) is 17.0 Å². The van der Waals surface area contributed by atoms with E-state index < -0.39 is 28.5 Å². The second-order valence-electron chi connectivity index (χ2n) is 10.2. The maximum atomic E-state index is 14.4. The third kappa shape index (κ3) is 8.39. The van der Waals surface area contributed by atoms with Crippen LogP contribution in [0.3, 0.4) is 0 Å². The second-order valence-corrected chi connectivity index (χ2v) is 12.5. The molecule has 4 aromatic rings. The molecule has 4 aromatic carbocycles. The molecule has 0 aliphatic rings. The number of carbonyl (C=O) groups excluding carboxylic acids is 2. The smallest absolute Gasteiger partial charge is 0.264 e. The Bertz CT molecular complexity index is 1630. The van der Waals surface area contributed by atoms with Crippen molar-refractivity contribution in [2.24, 2.45) is 0 Å². The Labute approximate surface area is 264 Å². The molecule has 0 fully saturated rings. The molecule has 0 aliphatic carbocycles. The minimum Gasteiger partial charge on any atom is -0.497 e. The van der Waals surface area contributed by atoms with E-state index in [0.29, 0.717) is 23.7 Å². The number of nitrogens with zero attached hydrogens (tertiary/aromatic N) is 2. The first-order valence-electron chi connectivity index (χ1n) is 14.3. The SMILES string of the molecule is CCCNC(=O)C(Cc1ccccc1)N(Cc1cccc(OC)c1)C(=O)CN(c1ccc(Cl)cc1)S(=O)(=O)c1ccccc1. The van der Waals surface area contributed by atoms with Crippen LogP contribution < -0.4 is 14.4 Å². The van der Waals surface area contributed by atoms with Crippen molar-refractivity contribution in [3.05, 3.63) is 125 Å². The van der Waals surface area contributed by atoms with Gasteiger partial charge in [0.2, 0.25) is 11.8 Å². The number of rotatable bonds is 14. The van der Waals surface area contributed by atoms with Gasteiger partial charge in [0.25, 0.3) is 10.0 Å². The number of carbonyl (C=O) groups is 2. The molecule has 1 N–H and O–H groups in total. The van der Waals surface area contributed by atoms with Crippen molar-refractivity contribution in [1.29, 1.82) is 0 Å². The minimum absolute atomic E-state index is 0.0311. The minimum atomic E-state index is -4.18. The van der Waals surface area contributed by atoms with Crippen molar-refractivity contribution < 1.29 is 22.7 Å². The van der Waals surface area contributed by atoms with Gasteiger partial charge in [0.1, 0.15) is 18.3 Å². The zero-order valence-electron chi connectivity index (χ0n) is 24.7. The van der Waals surface area contributed by atoms with Gasteiger partial charge in [-0.3, -0.25) is 13.9 Å². The Morgan fingerprint density at radius 3 is 2.14 bits per heavy atom. The number of ether oxygens (including phenoxy) is 1. The highest BCUT2D eigenvalue weighted by molar-refractivity contribution is 7.92. The van der Waals surface area contributed by atoms with Crippen LogP contribution in [0, 0.1) is 0 Å². The van der Waals surface area contributed by atoms with Crippen molar-refractivity contribution in [3.63, 3.8) is 0 Å². The van der Waals surface area contributed by atoms with E-state index in [2.05, 4.69) is 5.32 Å². The Hall–Kier alpha value is -4.34. The summed E-state index contributed by atoms with van der Waals surface area (Å²) in [6.45, 7) is 1.89. The largest absolute Gasteiger partial charge is 0.497 e. The number of amides is 2. The number of anilines is 1. The second kappa shape index (κ2) is 15.4. The summed E-state index contributed by atoms with van der Waals surface area (Å²) < 4.78 is 34.4. The van der Waals surface area contributed by atoms with E-state index in [1.807, 2.05) is 43.3 Å². The number of hydrogen-bond acceptors (Lipinski definition) is 5. The summed E-state index contributed by atoms with van der Waals surface area (Å²) in [6, 6.07) is 29.9. The van der Waals surface area contributed by atoms with Crippen LogP contribution >= 0.6 is 11.6 Å². The summed E-state index contributed by atoms with van der Waals surface area (Å²) in [7, 11) is -2.62. The lowest BCUT2D eigenvalue weighted by Crippen LogP contribution is -2.53. The van der Waals surface area contributed by atoms with Crippen molar-refractivity contribution in [2.75, 3.05) is 24.5 Å². The highest BCUT2D eigenvalue weighted by Crippen LogP contribution is 2.26. The maximum Gasteiger partial charge on any atom is 0.264 e. The van der Waals surface area contributed by atoms with Crippen LogP contribution in [-0.2, 0) is 32.6 Å². The number of hydrogen-bond donors (Lipinski definition) is 1. The number of methoxy groups -OCH3 is 1. The Morgan fingerprint density at radius 1 is 0.864 bits per heavy atom. The molecule has 0 bridgehead atoms. The van der Waals surface area contributed by atoms with Gasteiger partial charge in [-0.05, 0) is 66.1 Å². The summed E-state index contributed by atoms with van der Waals surface area (Å²) in [5.74, 6) is -0.273. The molecule has 1 unspecified atom stereocenters. The summed E-state index contributed by atoms with van der Waals surface area (Å²) in [5.41, 5.74) is 1.85. The lowest BCUT2D eigenvalue weighted by molar-refractivity contribution is -0.140. The van der Waals surface area contributed by atoms with Crippen molar-refractivity contribution in [1.82, 2.24) is 10.2 Å². The average Bonchev–Trinajstić information content (AvgIpc) is 3.05. The van der Waals surface area contributed by atoms with Crippen molar-refractivity contribution in [3.8, 4) is 5.75 Å². The fourth-order valence-electron chi connectivity index (χ4n) is 4.74. The normalized spacial score (nSPS) is 11.8. The molecular formula is C34H36ClN3O5S. The van der Waals surface area contributed by atoms with Crippen molar-refractivity contribution in [2.45, 2.75) is 37.2 Å². The molecule has 0 saturated heterocycles. The van der Waals surface area contributed by atoms with Crippen LogP contribution in [0.15, 0.2) is 114 Å². The number of nitrogens with one attached hydrogen (secondary N) is 1. The molecule has 0 saturated carbocycles. The number of sulfonamides is 1. The van der Waals surface area contributed by atoms with Gasteiger partial charge in [-0.15, -0.1) is 0 Å². The fourth-order valence-corrected chi connectivity index (χ4v) is 6.30. The fraction of sp³-hybridized carbons (Fsp3) is 0.235. The molecule has 0 spiro atoms. The zero-order chi connectivity index (χ0) is 31.5. The Balaban J connectivity index is 1.79. The van der Waals surface area contributed by atoms with Gasteiger partial charge in [0, 0.05) is 24.5 Å². The highest BCUT2D eigenvalue weighted by Gasteiger charge is 2.34. The van der Waals surface area contributed by atoms with Crippen LogP contribution in [0.4, 0.5) is 5.69 Å². The predicted octanol–water partition coefficient (Wildman–Crippen LogP) is 5.71. The van der Waals surface area contributed by atoms with Crippen LogP contribution in [0.2, 0.25) is 5.02 Å². The topological polar surface area (TPSA) is 96.0 Å². The predicted molar refractivity (Wildman–Crippen MR) is 173 cm³/mol. The average molecular weight is 634 g/mol. The molecule has 4 rings (SSSR count). The van der Waals surface area contributed by atoms with Crippen molar-refractivity contribution >= 4 is 39.1 Å². The molecule has 230 valence electrons. The Morgan fingerprint density at radius 2 is 1.50 bits per heavy atom. The summed E-state index contributed by atoms with van der Waals surface area (Å²) in [4.78, 5) is 29.6. The molecular weight excluding hydrogens is 598 g/mol. The van der Waals surface area contributed by atoms with Gasteiger partial charge >= 0.3 is 0 Å². The molecule has 0 aliphatic heterocycles. The van der Waals surface area contributed by atoms with E-state index >= 15 is 0 Å². The highest BCUT2D eigenvalue weighted by atomic mass is 35.5. The maximum absolute atomic E-state index is 14.4. The third-order valence-corrected chi connectivity index (χ3v) is 9.07.